The summed E-state index contributed by atoms with van der Waals surface area (Å²) < 4.78 is 23.8. The van der Waals surface area contributed by atoms with Crippen molar-refractivity contribution in [1.82, 2.24) is 0 Å². The molecule has 0 radical (unpaired) electrons. The van der Waals surface area contributed by atoms with E-state index in [0.717, 1.165) is 0 Å². The van der Waals surface area contributed by atoms with Crippen LogP contribution in [-0.4, -0.2) is 37.9 Å². The molecule has 1 fully saturated rings. The third-order valence-electron chi connectivity index (χ3n) is 3.01. The van der Waals surface area contributed by atoms with E-state index in [-0.39, 0.29) is 23.6 Å². The van der Waals surface area contributed by atoms with Crippen molar-refractivity contribution in [3.8, 4) is 0 Å². The van der Waals surface area contributed by atoms with Crippen LogP contribution in [0, 0.1) is 5.82 Å². The van der Waals surface area contributed by atoms with Gasteiger partial charge in [-0.3, -0.25) is 4.79 Å². The van der Waals surface area contributed by atoms with Gasteiger partial charge in [0.2, 0.25) is 0 Å². The summed E-state index contributed by atoms with van der Waals surface area (Å²) in [5.74, 6) is -0.666. The second-order valence-corrected chi connectivity index (χ2v) is 5.24. The van der Waals surface area contributed by atoms with Gasteiger partial charge < -0.3 is 14.4 Å². The Morgan fingerprint density at radius 1 is 1.45 bits per heavy atom. The average molecular weight is 302 g/mol. The van der Waals surface area contributed by atoms with Gasteiger partial charge in [-0.05, 0) is 32.0 Å². The van der Waals surface area contributed by atoms with Crippen LogP contribution >= 0.6 is 11.6 Å². The molecule has 1 aliphatic heterocycles. The highest BCUT2D eigenvalue weighted by Gasteiger charge is 2.31. The summed E-state index contributed by atoms with van der Waals surface area (Å²) >= 11 is 6.05. The predicted octanol–water partition coefficient (Wildman–Crippen LogP) is 2.64. The van der Waals surface area contributed by atoms with Gasteiger partial charge in [-0.2, -0.15) is 0 Å². The van der Waals surface area contributed by atoms with E-state index < -0.39 is 11.9 Å². The van der Waals surface area contributed by atoms with E-state index in [9.17, 15) is 9.18 Å². The first-order valence-electron chi connectivity index (χ1n) is 6.48. The van der Waals surface area contributed by atoms with Gasteiger partial charge in [0.1, 0.15) is 5.82 Å². The fourth-order valence-corrected chi connectivity index (χ4v) is 2.37. The van der Waals surface area contributed by atoms with E-state index in [1.54, 1.807) is 0 Å². The van der Waals surface area contributed by atoms with Gasteiger partial charge in [-0.25, -0.2) is 4.39 Å². The molecule has 1 aromatic rings. The van der Waals surface area contributed by atoms with Gasteiger partial charge in [-0.1, -0.05) is 11.6 Å². The van der Waals surface area contributed by atoms with Crippen molar-refractivity contribution in [1.29, 1.82) is 0 Å². The van der Waals surface area contributed by atoms with Gasteiger partial charge in [0.15, 0.2) is 6.10 Å². The van der Waals surface area contributed by atoms with Crippen molar-refractivity contribution >= 4 is 23.2 Å². The monoisotopic (exact) mass is 301 g/mol. The number of amides is 1. The Morgan fingerprint density at radius 2 is 2.20 bits per heavy atom. The van der Waals surface area contributed by atoms with Crippen molar-refractivity contribution in [2.24, 2.45) is 0 Å². The maximum Gasteiger partial charge on any atom is 0.258 e. The van der Waals surface area contributed by atoms with E-state index >= 15 is 0 Å². The van der Waals surface area contributed by atoms with Gasteiger partial charge in [0.05, 0.1) is 30.5 Å². The topological polar surface area (TPSA) is 38.8 Å². The number of halogens is 2. The predicted molar refractivity (Wildman–Crippen MR) is 74.6 cm³/mol. The number of nitrogens with zero attached hydrogens (tertiary/aromatic N) is 1. The quantitative estimate of drug-likeness (QED) is 0.861. The van der Waals surface area contributed by atoms with E-state index in [4.69, 9.17) is 21.1 Å². The van der Waals surface area contributed by atoms with Crippen molar-refractivity contribution < 1.29 is 18.7 Å². The summed E-state index contributed by atoms with van der Waals surface area (Å²) in [5.41, 5.74) is 0.474. The summed E-state index contributed by atoms with van der Waals surface area (Å²) in [5, 5.41) is 0.198. The van der Waals surface area contributed by atoms with Gasteiger partial charge in [-0.15, -0.1) is 0 Å². The molecule has 4 nitrogen and oxygen atoms in total. The lowest BCUT2D eigenvalue weighted by atomic mass is 10.2. The van der Waals surface area contributed by atoms with Crippen LogP contribution in [0.25, 0.3) is 0 Å². The van der Waals surface area contributed by atoms with Crippen LogP contribution in [0.4, 0.5) is 10.1 Å². The minimum atomic E-state index is -0.646. The van der Waals surface area contributed by atoms with Crippen LogP contribution in [0.1, 0.15) is 13.8 Å². The Balaban J connectivity index is 2.28. The number of hydrogen-bond acceptors (Lipinski definition) is 3. The Morgan fingerprint density at radius 3 is 2.75 bits per heavy atom. The van der Waals surface area contributed by atoms with Crippen LogP contribution < -0.4 is 4.90 Å². The van der Waals surface area contributed by atoms with Crippen LogP contribution in [-0.2, 0) is 14.3 Å². The molecule has 0 spiro atoms. The molecule has 20 heavy (non-hydrogen) atoms. The molecule has 6 heteroatoms. The van der Waals surface area contributed by atoms with E-state index in [0.29, 0.717) is 18.9 Å². The Labute approximate surface area is 122 Å². The first-order chi connectivity index (χ1) is 9.50. The smallest absolute Gasteiger partial charge is 0.258 e. The number of carbonyl (C=O) groups is 1. The van der Waals surface area contributed by atoms with Crippen LogP contribution in [0.2, 0.25) is 5.02 Å². The first kappa shape index (κ1) is 15.2. The summed E-state index contributed by atoms with van der Waals surface area (Å²) in [6, 6.07) is 3.84. The molecule has 1 saturated heterocycles. The SMILES string of the molecule is CC(C)N(C(=O)[C@H]1COCCO1)c1ccc(F)cc1Cl. The zero-order valence-electron chi connectivity index (χ0n) is 11.4. The molecule has 2 rings (SSSR count). The van der Waals surface area contributed by atoms with Gasteiger partial charge >= 0.3 is 0 Å². The van der Waals surface area contributed by atoms with Crippen LogP contribution in [0.5, 0.6) is 0 Å². The second-order valence-electron chi connectivity index (χ2n) is 4.83. The van der Waals surface area contributed by atoms with Crippen molar-refractivity contribution in [3.05, 3.63) is 29.0 Å². The highest BCUT2D eigenvalue weighted by atomic mass is 35.5. The fraction of sp³-hybridized carbons (Fsp3) is 0.500. The molecule has 1 amide bonds. The Hall–Kier alpha value is -1.17. The first-order valence-corrected chi connectivity index (χ1v) is 6.86. The Bertz CT molecular complexity index is 489. The number of hydrogen-bond donors (Lipinski definition) is 0. The average Bonchev–Trinajstić information content (AvgIpc) is 2.42. The number of benzene rings is 1. The lowest BCUT2D eigenvalue weighted by molar-refractivity contribution is -0.145. The standard InChI is InChI=1S/C14H17ClFNO3/c1-9(2)17(12-4-3-10(16)7-11(12)15)14(18)13-8-19-5-6-20-13/h3-4,7,9,13H,5-6,8H2,1-2H3/t13-/m1/s1. The highest BCUT2D eigenvalue weighted by Crippen LogP contribution is 2.29. The van der Waals surface area contributed by atoms with Gasteiger partial charge in [0.25, 0.3) is 5.91 Å². The molecule has 0 saturated carbocycles. The molecule has 0 aliphatic carbocycles. The number of rotatable bonds is 3. The molecule has 1 atom stereocenters. The highest BCUT2D eigenvalue weighted by molar-refractivity contribution is 6.33. The number of ether oxygens (including phenoxy) is 2. The molecule has 0 aromatic heterocycles. The van der Waals surface area contributed by atoms with E-state index in [2.05, 4.69) is 0 Å². The minimum absolute atomic E-state index is 0.129. The summed E-state index contributed by atoms with van der Waals surface area (Å²) in [6.45, 7) is 4.83. The zero-order chi connectivity index (χ0) is 14.7. The molecule has 110 valence electrons. The summed E-state index contributed by atoms with van der Waals surface area (Å²) in [7, 11) is 0. The normalized spacial score (nSPS) is 19.1. The van der Waals surface area contributed by atoms with Crippen molar-refractivity contribution in [2.45, 2.75) is 26.0 Å². The summed E-state index contributed by atoms with van der Waals surface area (Å²) in [6.07, 6.45) is -0.646. The molecule has 0 bridgehead atoms. The van der Waals surface area contributed by atoms with Crippen LogP contribution in [0.3, 0.4) is 0 Å². The molecular formula is C14H17ClFNO3. The molecule has 1 aliphatic rings. The lowest BCUT2D eigenvalue weighted by Gasteiger charge is -2.32. The van der Waals surface area contributed by atoms with E-state index in [1.165, 1.54) is 23.1 Å². The molecular weight excluding hydrogens is 285 g/mol. The fourth-order valence-electron chi connectivity index (χ4n) is 2.11. The maximum absolute atomic E-state index is 13.1. The Kier molecular flexibility index (Phi) is 4.96. The van der Waals surface area contributed by atoms with Gasteiger partial charge in [0, 0.05) is 6.04 Å². The minimum Gasteiger partial charge on any atom is -0.376 e. The van der Waals surface area contributed by atoms with Crippen molar-refractivity contribution in [3.63, 3.8) is 0 Å². The largest absolute Gasteiger partial charge is 0.376 e. The molecule has 1 aromatic carbocycles. The summed E-state index contributed by atoms with van der Waals surface area (Å²) in [4.78, 5) is 14.1. The molecule has 0 unspecified atom stereocenters. The third-order valence-corrected chi connectivity index (χ3v) is 3.32. The maximum atomic E-state index is 13.1. The second kappa shape index (κ2) is 6.52. The lowest BCUT2D eigenvalue weighted by Crippen LogP contribution is -2.48. The van der Waals surface area contributed by atoms with Crippen molar-refractivity contribution in [2.75, 3.05) is 24.7 Å². The molecule has 0 N–H and O–H groups in total. The molecule has 1 heterocycles. The number of carbonyl (C=O) groups excluding carboxylic acids is 1. The van der Waals surface area contributed by atoms with E-state index in [1.807, 2.05) is 13.8 Å². The third kappa shape index (κ3) is 3.29. The zero-order valence-corrected chi connectivity index (χ0v) is 12.2. The number of anilines is 1. The van der Waals surface area contributed by atoms with Crippen LogP contribution in [0.15, 0.2) is 18.2 Å².